The lowest BCUT2D eigenvalue weighted by Crippen LogP contribution is -2.03. The SMILES string of the molecule is Cc1ccc(CC(O)c2ccc(C)c(F)c2)c(Cl)c1. The highest BCUT2D eigenvalue weighted by Gasteiger charge is 2.12. The molecule has 0 radical (unpaired) electrons. The Morgan fingerprint density at radius 1 is 1.16 bits per heavy atom. The van der Waals surface area contributed by atoms with E-state index in [0.717, 1.165) is 11.1 Å². The second kappa shape index (κ2) is 5.72. The molecule has 0 amide bonds. The van der Waals surface area contributed by atoms with Gasteiger partial charge in [0.25, 0.3) is 0 Å². The molecule has 100 valence electrons. The molecule has 0 bridgehead atoms. The Morgan fingerprint density at radius 2 is 1.89 bits per heavy atom. The second-order valence-electron chi connectivity index (χ2n) is 4.82. The number of aliphatic hydroxyl groups is 1. The molecule has 0 saturated heterocycles. The van der Waals surface area contributed by atoms with Gasteiger partial charge in [0, 0.05) is 11.4 Å². The summed E-state index contributed by atoms with van der Waals surface area (Å²) in [5, 5.41) is 10.8. The van der Waals surface area contributed by atoms with E-state index in [1.165, 1.54) is 6.07 Å². The van der Waals surface area contributed by atoms with Crippen LogP contribution in [0.5, 0.6) is 0 Å². The number of aryl methyl sites for hydroxylation is 2. The number of halogens is 2. The first-order valence-electron chi connectivity index (χ1n) is 6.16. The van der Waals surface area contributed by atoms with Gasteiger partial charge < -0.3 is 5.11 Å². The molecule has 1 unspecified atom stereocenters. The number of aliphatic hydroxyl groups excluding tert-OH is 1. The van der Waals surface area contributed by atoms with E-state index in [1.807, 2.05) is 25.1 Å². The van der Waals surface area contributed by atoms with Gasteiger partial charge in [0.1, 0.15) is 5.82 Å². The molecule has 0 heterocycles. The maximum absolute atomic E-state index is 13.5. The van der Waals surface area contributed by atoms with Gasteiger partial charge in [-0.15, -0.1) is 0 Å². The first-order valence-corrected chi connectivity index (χ1v) is 6.54. The molecule has 19 heavy (non-hydrogen) atoms. The third-order valence-electron chi connectivity index (χ3n) is 3.20. The topological polar surface area (TPSA) is 20.2 Å². The Bertz CT molecular complexity index is 595. The van der Waals surface area contributed by atoms with Crippen molar-refractivity contribution in [2.24, 2.45) is 0 Å². The van der Waals surface area contributed by atoms with Gasteiger partial charge in [-0.05, 0) is 48.2 Å². The predicted octanol–water partition coefficient (Wildman–Crippen LogP) is 4.37. The third kappa shape index (κ3) is 3.34. The zero-order valence-corrected chi connectivity index (χ0v) is 11.7. The van der Waals surface area contributed by atoms with Gasteiger partial charge in [-0.3, -0.25) is 0 Å². The van der Waals surface area contributed by atoms with E-state index in [-0.39, 0.29) is 5.82 Å². The summed E-state index contributed by atoms with van der Waals surface area (Å²) in [5.41, 5.74) is 3.08. The van der Waals surface area contributed by atoms with Gasteiger partial charge >= 0.3 is 0 Å². The lowest BCUT2D eigenvalue weighted by molar-refractivity contribution is 0.178. The molecule has 1 atom stereocenters. The smallest absolute Gasteiger partial charge is 0.126 e. The van der Waals surface area contributed by atoms with Crippen molar-refractivity contribution in [2.75, 3.05) is 0 Å². The fourth-order valence-corrected chi connectivity index (χ4v) is 2.27. The first kappa shape index (κ1) is 14.0. The molecule has 3 heteroatoms. The van der Waals surface area contributed by atoms with Crippen LogP contribution >= 0.6 is 11.6 Å². The van der Waals surface area contributed by atoms with Crippen molar-refractivity contribution in [1.29, 1.82) is 0 Å². The van der Waals surface area contributed by atoms with Crippen LogP contribution in [0.2, 0.25) is 5.02 Å². The van der Waals surface area contributed by atoms with Gasteiger partial charge in [-0.2, -0.15) is 0 Å². The van der Waals surface area contributed by atoms with Crippen LogP contribution in [0.15, 0.2) is 36.4 Å². The van der Waals surface area contributed by atoms with Crippen molar-refractivity contribution in [3.63, 3.8) is 0 Å². The van der Waals surface area contributed by atoms with E-state index in [0.29, 0.717) is 22.6 Å². The number of rotatable bonds is 3. The van der Waals surface area contributed by atoms with Gasteiger partial charge in [0.15, 0.2) is 0 Å². The lowest BCUT2D eigenvalue weighted by atomic mass is 9.99. The number of benzene rings is 2. The summed E-state index contributed by atoms with van der Waals surface area (Å²) in [4.78, 5) is 0. The van der Waals surface area contributed by atoms with Crippen LogP contribution < -0.4 is 0 Å². The molecule has 2 rings (SSSR count). The molecule has 0 aliphatic rings. The first-order chi connectivity index (χ1) is 8.97. The van der Waals surface area contributed by atoms with E-state index >= 15 is 0 Å². The van der Waals surface area contributed by atoms with Crippen molar-refractivity contribution in [1.82, 2.24) is 0 Å². The molecule has 0 aromatic heterocycles. The molecule has 1 N–H and O–H groups in total. The summed E-state index contributed by atoms with van der Waals surface area (Å²) in [6.07, 6.45) is -0.378. The summed E-state index contributed by atoms with van der Waals surface area (Å²) in [6.45, 7) is 3.66. The van der Waals surface area contributed by atoms with Crippen LogP contribution in [-0.4, -0.2) is 5.11 Å². The Hall–Kier alpha value is -1.38. The van der Waals surface area contributed by atoms with E-state index in [1.54, 1.807) is 19.1 Å². The highest BCUT2D eigenvalue weighted by molar-refractivity contribution is 6.31. The maximum Gasteiger partial charge on any atom is 0.126 e. The second-order valence-corrected chi connectivity index (χ2v) is 5.23. The van der Waals surface area contributed by atoms with Crippen molar-refractivity contribution in [3.05, 3.63) is 69.5 Å². The molecule has 1 nitrogen and oxygen atoms in total. The standard InChI is InChI=1S/C16H16ClFO/c1-10-3-5-12(14(17)7-10)9-16(19)13-6-4-11(2)15(18)8-13/h3-8,16,19H,9H2,1-2H3. The third-order valence-corrected chi connectivity index (χ3v) is 3.55. The maximum atomic E-state index is 13.5. The predicted molar refractivity (Wildman–Crippen MR) is 76.0 cm³/mol. The van der Waals surface area contributed by atoms with Gasteiger partial charge in [-0.1, -0.05) is 35.9 Å². The Labute approximate surface area is 117 Å². The van der Waals surface area contributed by atoms with Crippen LogP contribution in [0, 0.1) is 19.7 Å². The fourth-order valence-electron chi connectivity index (χ4n) is 1.96. The van der Waals surface area contributed by atoms with Crippen LogP contribution in [0.25, 0.3) is 0 Å². The minimum atomic E-state index is -0.754. The molecule has 0 saturated carbocycles. The van der Waals surface area contributed by atoms with Crippen LogP contribution in [-0.2, 0) is 6.42 Å². The summed E-state index contributed by atoms with van der Waals surface area (Å²) >= 11 is 6.13. The van der Waals surface area contributed by atoms with Crippen LogP contribution in [0.1, 0.15) is 28.4 Å². The van der Waals surface area contributed by atoms with Gasteiger partial charge in [0.2, 0.25) is 0 Å². The molecule has 0 aliphatic heterocycles. The number of hydrogen-bond donors (Lipinski definition) is 1. The fraction of sp³-hybridized carbons (Fsp3) is 0.250. The van der Waals surface area contributed by atoms with Crippen molar-refractivity contribution >= 4 is 11.6 Å². The van der Waals surface area contributed by atoms with Gasteiger partial charge in [0.05, 0.1) is 6.10 Å². The Balaban J connectivity index is 2.20. The normalized spacial score (nSPS) is 12.5. The minimum absolute atomic E-state index is 0.299. The molecule has 2 aromatic rings. The van der Waals surface area contributed by atoms with E-state index < -0.39 is 6.10 Å². The van der Waals surface area contributed by atoms with E-state index in [9.17, 15) is 9.50 Å². The molecular weight excluding hydrogens is 263 g/mol. The molecule has 0 spiro atoms. The monoisotopic (exact) mass is 278 g/mol. The summed E-state index contributed by atoms with van der Waals surface area (Å²) in [5.74, 6) is -0.299. The Kier molecular flexibility index (Phi) is 4.23. The summed E-state index contributed by atoms with van der Waals surface area (Å²) in [6, 6.07) is 10.5. The zero-order chi connectivity index (χ0) is 14.0. The lowest BCUT2D eigenvalue weighted by Gasteiger charge is -2.13. The highest BCUT2D eigenvalue weighted by atomic mass is 35.5. The van der Waals surface area contributed by atoms with Crippen molar-refractivity contribution < 1.29 is 9.50 Å². The average Bonchev–Trinajstić information content (AvgIpc) is 2.36. The van der Waals surface area contributed by atoms with Crippen molar-refractivity contribution in [3.8, 4) is 0 Å². The molecule has 0 aliphatic carbocycles. The quantitative estimate of drug-likeness (QED) is 0.884. The van der Waals surface area contributed by atoms with Crippen molar-refractivity contribution in [2.45, 2.75) is 26.4 Å². The van der Waals surface area contributed by atoms with E-state index in [2.05, 4.69) is 0 Å². The summed E-state index contributed by atoms with van der Waals surface area (Å²) < 4.78 is 13.5. The highest BCUT2D eigenvalue weighted by Crippen LogP contribution is 2.25. The van der Waals surface area contributed by atoms with E-state index in [4.69, 9.17) is 11.6 Å². The zero-order valence-electron chi connectivity index (χ0n) is 11.0. The largest absolute Gasteiger partial charge is 0.388 e. The van der Waals surface area contributed by atoms with Crippen LogP contribution in [0.4, 0.5) is 4.39 Å². The molecule has 2 aromatic carbocycles. The van der Waals surface area contributed by atoms with Gasteiger partial charge in [-0.25, -0.2) is 4.39 Å². The molecular formula is C16H16ClFO. The minimum Gasteiger partial charge on any atom is -0.388 e. The average molecular weight is 279 g/mol. The van der Waals surface area contributed by atoms with Crippen LogP contribution in [0.3, 0.4) is 0 Å². The number of hydrogen-bond acceptors (Lipinski definition) is 1. The summed E-state index contributed by atoms with van der Waals surface area (Å²) in [7, 11) is 0. The molecule has 0 fully saturated rings. The Morgan fingerprint density at radius 3 is 2.53 bits per heavy atom.